The molecular formula is C24H36O4. The second-order valence-corrected chi connectivity index (χ2v) is 11.5. The minimum atomic E-state index is -0.424. The highest BCUT2D eigenvalue weighted by molar-refractivity contribution is 5.91. The van der Waals surface area contributed by atoms with Gasteiger partial charge in [0.25, 0.3) is 0 Å². The predicted octanol–water partition coefficient (Wildman–Crippen LogP) is 5.06. The van der Waals surface area contributed by atoms with Gasteiger partial charge < -0.3 is 9.47 Å². The molecule has 6 unspecified atom stereocenters. The lowest BCUT2D eigenvalue weighted by Crippen LogP contribution is -2.38. The van der Waals surface area contributed by atoms with Crippen molar-refractivity contribution >= 4 is 11.9 Å². The molecule has 4 rings (SSSR count). The van der Waals surface area contributed by atoms with Crippen molar-refractivity contribution in [1.29, 1.82) is 0 Å². The quantitative estimate of drug-likeness (QED) is 0.499. The molecular weight excluding hydrogens is 352 g/mol. The van der Waals surface area contributed by atoms with E-state index in [1.54, 1.807) is 0 Å². The molecule has 4 fully saturated rings. The molecule has 0 saturated heterocycles. The molecule has 28 heavy (non-hydrogen) atoms. The first-order valence-electron chi connectivity index (χ1n) is 11.0. The Labute approximate surface area is 169 Å². The third-order valence-corrected chi connectivity index (χ3v) is 10.2. The first-order valence-corrected chi connectivity index (χ1v) is 11.0. The fourth-order valence-electron chi connectivity index (χ4n) is 7.14. The maximum atomic E-state index is 12.3. The molecule has 4 heteroatoms. The Balaban J connectivity index is 1.32. The van der Waals surface area contributed by atoms with Crippen molar-refractivity contribution in [2.24, 2.45) is 33.5 Å². The Morgan fingerprint density at radius 1 is 0.857 bits per heavy atom. The van der Waals surface area contributed by atoms with Gasteiger partial charge in [0.2, 0.25) is 0 Å². The van der Waals surface area contributed by atoms with E-state index in [-0.39, 0.29) is 33.9 Å². The molecule has 4 bridgehead atoms. The molecule has 4 nitrogen and oxygen atoms in total. The topological polar surface area (TPSA) is 52.6 Å². The predicted molar refractivity (Wildman–Crippen MR) is 107 cm³/mol. The summed E-state index contributed by atoms with van der Waals surface area (Å²) in [7, 11) is 0. The van der Waals surface area contributed by atoms with Gasteiger partial charge in [-0.1, -0.05) is 41.5 Å². The zero-order chi connectivity index (χ0) is 20.5. The summed E-state index contributed by atoms with van der Waals surface area (Å²) in [5, 5.41) is 0. The summed E-state index contributed by atoms with van der Waals surface area (Å²) >= 11 is 0. The Bertz CT molecular complexity index is 717. The van der Waals surface area contributed by atoms with Crippen LogP contribution in [-0.2, 0) is 19.1 Å². The average molecular weight is 389 g/mol. The number of rotatable bonds is 4. The van der Waals surface area contributed by atoms with Crippen LogP contribution in [0.5, 0.6) is 0 Å². The maximum absolute atomic E-state index is 12.3. The number of esters is 2. The van der Waals surface area contributed by atoms with E-state index in [2.05, 4.69) is 41.5 Å². The molecule has 0 spiro atoms. The lowest BCUT2D eigenvalue weighted by atomic mass is 9.70. The summed E-state index contributed by atoms with van der Waals surface area (Å²) in [5.41, 5.74) is 0.678. The third kappa shape index (κ3) is 2.62. The zero-order valence-corrected chi connectivity index (χ0v) is 18.3. The van der Waals surface area contributed by atoms with Gasteiger partial charge in [-0.25, -0.2) is 9.59 Å². The van der Waals surface area contributed by atoms with Crippen LogP contribution >= 0.6 is 0 Å². The number of ether oxygens (including phenoxy) is 2. The van der Waals surface area contributed by atoms with Gasteiger partial charge in [-0.3, -0.25) is 0 Å². The van der Waals surface area contributed by atoms with Crippen molar-refractivity contribution in [1.82, 2.24) is 0 Å². The Hall–Kier alpha value is -1.32. The summed E-state index contributed by atoms with van der Waals surface area (Å²) in [6.07, 6.45) is 8.92. The fourth-order valence-corrected chi connectivity index (χ4v) is 7.14. The summed E-state index contributed by atoms with van der Waals surface area (Å²) < 4.78 is 11.5. The van der Waals surface area contributed by atoms with Gasteiger partial charge in [0, 0.05) is 23.5 Å². The van der Waals surface area contributed by atoms with Crippen molar-refractivity contribution in [3.63, 3.8) is 0 Å². The lowest BCUT2D eigenvalue weighted by molar-refractivity contribution is -0.152. The van der Waals surface area contributed by atoms with Crippen molar-refractivity contribution in [2.75, 3.05) is 0 Å². The van der Waals surface area contributed by atoms with E-state index in [4.69, 9.17) is 9.47 Å². The van der Waals surface area contributed by atoms with Crippen molar-refractivity contribution < 1.29 is 19.1 Å². The normalized spacial score (nSPS) is 44.9. The molecule has 0 aliphatic heterocycles. The summed E-state index contributed by atoms with van der Waals surface area (Å²) in [6.45, 7) is 13.7. The van der Waals surface area contributed by atoms with Crippen molar-refractivity contribution in [3.05, 3.63) is 12.2 Å². The Morgan fingerprint density at radius 3 is 1.96 bits per heavy atom. The van der Waals surface area contributed by atoms with E-state index >= 15 is 0 Å². The van der Waals surface area contributed by atoms with Crippen LogP contribution in [0.4, 0.5) is 0 Å². The molecule has 0 heterocycles. The van der Waals surface area contributed by atoms with Crippen LogP contribution in [0.2, 0.25) is 0 Å². The third-order valence-electron chi connectivity index (χ3n) is 10.2. The molecule has 0 aromatic carbocycles. The molecule has 6 atom stereocenters. The van der Waals surface area contributed by atoms with E-state index in [0.717, 1.165) is 25.7 Å². The molecule has 0 N–H and O–H groups in total. The minimum absolute atomic E-state index is 0.0335. The second kappa shape index (κ2) is 6.09. The van der Waals surface area contributed by atoms with Gasteiger partial charge in [0.05, 0.1) is 0 Å². The molecule has 0 amide bonds. The highest BCUT2D eigenvalue weighted by Crippen LogP contribution is 2.67. The molecule has 4 saturated carbocycles. The van der Waals surface area contributed by atoms with Crippen molar-refractivity contribution in [3.8, 4) is 0 Å². The van der Waals surface area contributed by atoms with Crippen LogP contribution in [0.15, 0.2) is 12.2 Å². The van der Waals surface area contributed by atoms with Crippen LogP contribution in [0.3, 0.4) is 0 Å². The molecule has 0 aromatic heterocycles. The van der Waals surface area contributed by atoms with E-state index in [9.17, 15) is 9.59 Å². The largest absolute Gasteiger partial charge is 0.459 e. The van der Waals surface area contributed by atoms with Crippen LogP contribution in [-0.4, -0.2) is 24.1 Å². The molecule has 4 aliphatic carbocycles. The average Bonchev–Trinajstić information content (AvgIpc) is 3.11. The highest BCUT2D eigenvalue weighted by Gasteiger charge is 2.63. The van der Waals surface area contributed by atoms with Gasteiger partial charge >= 0.3 is 11.9 Å². The number of carbonyl (C=O) groups is 2. The Kier molecular flexibility index (Phi) is 4.34. The molecule has 0 radical (unpaired) electrons. The lowest BCUT2D eigenvalue weighted by Gasteiger charge is -2.38. The standard InChI is InChI=1S/C24H36O4/c1-21(2)15-9-12-24(21,6)18(13-15)28-20(26)8-7-19(25)27-17-14-23(5)11-10-16(17)22(23,3)4/h7-8,15-18H,9-14H2,1-6H3. The molecule has 156 valence electrons. The summed E-state index contributed by atoms with van der Waals surface area (Å²) in [5.74, 6) is 0.185. The molecule has 0 aromatic rings. The number of carbonyl (C=O) groups excluding carboxylic acids is 2. The van der Waals surface area contributed by atoms with E-state index in [1.165, 1.54) is 25.0 Å². The van der Waals surface area contributed by atoms with E-state index < -0.39 is 11.9 Å². The van der Waals surface area contributed by atoms with E-state index in [0.29, 0.717) is 11.8 Å². The smallest absolute Gasteiger partial charge is 0.331 e. The second-order valence-electron chi connectivity index (χ2n) is 11.5. The van der Waals surface area contributed by atoms with Gasteiger partial charge in [-0.2, -0.15) is 0 Å². The van der Waals surface area contributed by atoms with Crippen LogP contribution in [0, 0.1) is 33.5 Å². The number of hydrogen-bond acceptors (Lipinski definition) is 4. The van der Waals surface area contributed by atoms with Crippen LogP contribution in [0.1, 0.15) is 80.1 Å². The number of hydrogen-bond donors (Lipinski definition) is 0. The van der Waals surface area contributed by atoms with Gasteiger partial charge in [0.15, 0.2) is 0 Å². The first-order chi connectivity index (χ1) is 12.9. The summed E-state index contributed by atoms with van der Waals surface area (Å²) in [6, 6.07) is 0. The highest BCUT2D eigenvalue weighted by atomic mass is 16.6. The molecule has 4 aliphatic rings. The van der Waals surface area contributed by atoms with Crippen LogP contribution in [0.25, 0.3) is 0 Å². The number of fused-ring (bicyclic) bond motifs is 4. The van der Waals surface area contributed by atoms with Crippen LogP contribution < -0.4 is 0 Å². The first kappa shape index (κ1) is 20.0. The van der Waals surface area contributed by atoms with Gasteiger partial charge in [0.1, 0.15) is 12.2 Å². The summed E-state index contributed by atoms with van der Waals surface area (Å²) in [4.78, 5) is 24.6. The fraction of sp³-hybridized carbons (Fsp3) is 0.833. The van der Waals surface area contributed by atoms with E-state index in [1.807, 2.05) is 0 Å². The SMILES string of the molecule is CC12CCC(C(OC(=O)C=CC(=O)OC3CC4CCC3(C)C4(C)C)C1)C2(C)C. The minimum Gasteiger partial charge on any atom is -0.459 e. The monoisotopic (exact) mass is 388 g/mol. The zero-order valence-electron chi connectivity index (χ0n) is 18.3. The van der Waals surface area contributed by atoms with Gasteiger partial charge in [-0.05, 0) is 60.7 Å². The maximum Gasteiger partial charge on any atom is 0.331 e. The van der Waals surface area contributed by atoms with Crippen molar-refractivity contribution in [2.45, 2.75) is 92.3 Å². The van der Waals surface area contributed by atoms with Gasteiger partial charge in [-0.15, -0.1) is 0 Å². The Morgan fingerprint density at radius 2 is 1.50 bits per heavy atom.